The number of aryl methyl sites for hydroxylation is 1. The highest BCUT2D eigenvalue weighted by atomic mass is 32.2. The average molecular weight is 403 g/mol. The van der Waals surface area contributed by atoms with E-state index in [0.29, 0.717) is 37.6 Å². The normalized spacial score (nSPS) is 24.4. The van der Waals surface area contributed by atoms with Gasteiger partial charge in [-0.3, -0.25) is 0 Å². The van der Waals surface area contributed by atoms with E-state index in [0.717, 1.165) is 18.5 Å². The van der Waals surface area contributed by atoms with Crippen LogP contribution in [0.25, 0.3) is 0 Å². The van der Waals surface area contributed by atoms with E-state index in [4.69, 9.17) is 4.74 Å². The number of aromatic nitrogens is 2. The minimum absolute atomic E-state index is 0.196. The third kappa shape index (κ3) is 3.35. The van der Waals surface area contributed by atoms with Crippen molar-refractivity contribution in [3.63, 3.8) is 0 Å². The first-order valence-corrected chi connectivity index (χ1v) is 11.3. The van der Waals surface area contributed by atoms with Crippen molar-refractivity contribution < 1.29 is 13.2 Å². The Morgan fingerprint density at radius 1 is 1.11 bits per heavy atom. The second-order valence-electron chi connectivity index (χ2n) is 7.19. The van der Waals surface area contributed by atoms with Gasteiger partial charge in [0.15, 0.2) is 0 Å². The van der Waals surface area contributed by atoms with Gasteiger partial charge in [-0.15, -0.1) is 0 Å². The van der Waals surface area contributed by atoms with E-state index >= 15 is 0 Å². The van der Waals surface area contributed by atoms with Gasteiger partial charge in [-0.05, 0) is 30.5 Å². The van der Waals surface area contributed by atoms with Crippen LogP contribution < -0.4 is 9.64 Å². The molecule has 2 aromatic rings. The molecule has 1 aromatic carbocycles. The third-order valence-electron chi connectivity index (χ3n) is 5.59. The third-order valence-corrected chi connectivity index (χ3v) is 7.63. The maximum Gasteiger partial charge on any atom is 0.247 e. The Morgan fingerprint density at radius 2 is 1.82 bits per heavy atom. The summed E-state index contributed by atoms with van der Waals surface area (Å²) in [6.45, 7) is 5.80. The van der Waals surface area contributed by atoms with Gasteiger partial charge in [0.05, 0.1) is 6.04 Å². The Bertz CT molecular complexity index is 933. The van der Waals surface area contributed by atoms with Crippen molar-refractivity contribution in [2.45, 2.75) is 50.2 Å². The number of sulfonamides is 1. The summed E-state index contributed by atoms with van der Waals surface area (Å²) in [5.74, 6) is 1.14. The van der Waals surface area contributed by atoms with Gasteiger partial charge in [0.25, 0.3) is 0 Å². The van der Waals surface area contributed by atoms with Crippen molar-refractivity contribution in [3.05, 3.63) is 42.2 Å². The summed E-state index contributed by atoms with van der Waals surface area (Å²) in [7, 11) is -3.59. The van der Waals surface area contributed by atoms with E-state index in [1.165, 1.54) is 0 Å². The number of hydrogen-bond acceptors (Lipinski definition) is 6. The smallest absolute Gasteiger partial charge is 0.247 e. The Hall–Kier alpha value is -2.19. The maximum absolute atomic E-state index is 13.3. The fourth-order valence-corrected chi connectivity index (χ4v) is 5.87. The first-order chi connectivity index (χ1) is 13.5. The van der Waals surface area contributed by atoms with Crippen LogP contribution in [0.15, 0.2) is 41.6 Å². The summed E-state index contributed by atoms with van der Waals surface area (Å²) in [6, 6.07) is 6.74. The van der Waals surface area contributed by atoms with Crippen LogP contribution in [0.3, 0.4) is 0 Å². The molecule has 0 aliphatic carbocycles. The van der Waals surface area contributed by atoms with Crippen LogP contribution in [0, 0.1) is 0 Å². The number of ether oxygens (including phenoxy) is 1. The molecule has 28 heavy (non-hydrogen) atoms. The highest BCUT2D eigenvalue weighted by Gasteiger charge is 2.42. The molecule has 4 rings (SSSR count). The fraction of sp³-hybridized carbons (Fsp3) is 0.500. The topological polar surface area (TPSA) is 75.6 Å². The predicted molar refractivity (Wildman–Crippen MR) is 107 cm³/mol. The Balaban J connectivity index is 1.64. The van der Waals surface area contributed by atoms with Gasteiger partial charge in [0, 0.05) is 38.4 Å². The quantitative estimate of drug-likeness (QED) is 0.785. The number of fused-ring (bicyclic) bond motifs is 2. The van der Waals surface area contributed by atoms with E-state index in [-0.39, 0.29) is 17.0 Å². The zero-order chi connectivity index (χ0) is 19.7. The highest BCUT2D eigenvalue weighted by molar-refractivity contribution is 7.89. The van der Waals surface area contributed by atoms with Crippen LogP contribution in [0.5, 0.6) is 5.75 Å². The molecule has 1 aromatic heterocycles. The molecule has 150 valence electrons. The number of anilines is 1. The van der Waals surface area contributed by atoms with Gasteiger partial charge < -0.3 is 9.64 Å². The van der Waals surface area contributed by atoms with E-state index in [2.05, 4.69) is 21.8 Å². The van der Waals surface area contributed by atoms with Crippen LogP contribution in [0.1, 0.15) is 32.3 Å². The summed E-state index contributed by atoms with van der Waals surface area (Å²) in [5, 5.41) is 0. The Kier molecular flexibility index (Phi) is 5.25. The molecular weight excluding hydrogens is 376 g/mol. The lowest BCUT2D eigenvalue weighted by Crippen LogP contribution is -2.46. The van der Waals surface area contributed by atoms with Gasteiger partial charge in [0.1, 0.15) is 16.7 Å². The number of nitrogens with zero attached hydrogens (tertiary/aromatic N) is 4. The Morgan fingerprint density at radius 3 is 2.54 bits per heavy atom. The lowest BCUT2D eigenvalue weighted by atomic mass is 10.1. The lowest BCUT2D eigenvalue weighted by Gasteiger charge is -2.30. The van der Waals surface area contributed by atoms with E-state index in [1.54, 1.807) is 22.5 Å². The maximum atomic E-state index is 13.3. The number of rotatable bonds is 3. The second-order valence-corrected chi connectivity index (χ2v) is 9.05. The van der Waals surface area contributed by atoms with Crippen LogP contribution in [0.2, 0.25) is 0 Å². The molecule has 0 N–H and O–H groups in total. The van der Waals surface area contributed by atoms with Gasteiger partial charge in [-0.2, -0.15) is 4.31 Å². The predicted octanol–water partition coefficient (Wildman–Crippen LogP) is 2.48. The molecule has 0 amide bonds. The molecule has 1 saturated heterocycles. The molecular formula is C20H26N4O3S. The minimum Gasteiger partial charge on any atom is -0.487 e. The molecule has 8 heteroatoms. The van der Waals surface area contributed by atoms with Crippen molar-refractivity contribution in [2.24, 2.45) is 0 Å². The molecule has 0 unspecified atom stereocenters. The summed E-state index contributed by atoms with van der Waals surface area (Å²) in [6.07, 6.45) is 5.82. The largest absolute Gasteiger partial charge is 0.487 e. The van der Waals surface area contributed by atoms with Crippen molar-refractivity contribution in [2.75, 3.05) is 24.5 Å². The molecule has 1 fully saturated rings. The molecule has 0 bridgehead atoms. The molecule has 0 saturated carbocycles. The fourth-order valence-electron chi connectivity index (χ4n) is 4.05. The van der Waals surface area contributed by atoms with E-state index in [1.807, 2.05) is 25.4 Å². The van der Waals surface area contributed by atoms with Crippen LogP contribution in [-0.2, 0) is 16.4 Å². The highest BCUT2D eigenvalue weighted by Crippen LogP contribution is 2.36. The first-order valence-electron chi connectivity index (χ1n) is 9.88. The number of likely N-dealkylation sites (N-methyl/N-ethyl adjacent to an activating group) is 1. The molecule has 0 spiro atoms. The minimum atomic E-state index is -3.59. The molecule has 0 radical (unpaired) electrons. The van der Waals surface area contributed by atoms with Crippen molar-refractivity contribution >= 4 is 16.0 Å². The average Bonchev–Trinajstić information content (AvgIpc) is 2.96. The second kappa shape index (κ2) is 7.67. The summed E-state index contributed by atoms with van der Waals surface area (Å²) in [5.41, 5.74) is 1.10. The van der Waals surface area contributed by atoms with E-state index in [9.17, 15) is 8.42 Å². The van der Waals surface area contributed by atoms with Crippen LogP contribution in [-0.4, -0.2) is 54.5 Å². The standard InChI is InChI=1S/C20H26N4O3S/c1-3-15-13-21-20(22-14-15)23-11-9-16-17(10-12-23)27-18-7-5-6-8-19(18)28(25,26)24(16)4-2/h5-8,13-14,16-17H,3-4,9-12H2,1-2H3/t16-,17-/m0/s1. The zero-order valence-electron chi connectivity index (χ0n) is 16.3. The van der Waals surface area contributed by atoms with Crippen LogP contribution in [0.4, 0.5) is 5.95 Å². The van der Waals surface area contributed by atoms with Gasteiger partial charge in [-0.1, -0.05) is 26.0 Å². The van der Waals surface area contributed by atoms with Gasteiger partial charge >= 0.3 is 0 Å². The summed E-state index contributed by atoms with van der Waals surface area (Å²) in [4.78, 5) is 11.4. The molecule has 7 nitrogen and oxygen atoms in total. The number of para-hydroxylation sites is 1. The van der Waals surface area contributed by atoms with Crippen molar-refractivity contribution in [1.82, 2.24) is 14.3 Å². The lowest BCUT2D eigenvalue weighted by molar-refractivity contribution is 0.115. The van der Waals surface area contributed by atoms with Crippen molar-refractivity contribution in [1.29, 1.82) is 0 Å². The summed E-state index contributed by atoms with van der Waals surface area (Å²) < 4.78 is 34.4. The Labute approximate surface area is 166 Å². The summed E-state index contributed by atoms with van der Waals surface area (Å²) >= 11 is 0. The molecule has 2 aliphatic rings. The SMILES string of the molecule is CCc1cnc(N2CC[C@@H]3Oc4ccccc4S(=O)(=O)N(CC)[C@H]3CC2)nc1. The molecule has 2 atom stereocenters. The zero-order valence-corrected chi connectivity index (χ0v) is 17.1. The van der Waals surface area contributed by atoms with E-state index < -0.39 is 10.0 Å². The number of benzene rings is 1. The molecule has 2 aliphatic heterocycles. The molecule has 3 heterocycles. The first kappa shape index (κ1) is 19.1. The number of hydrogen-bond donors (Lipinski definition) is 0. The monoisotopic (exact) mass is 402 g/mol. The van der Waals surface area contributed by atoms with Gasteiger partial charge in [-0.25, -0.2) is 18.4 Å². The van der Waals surface area contributed by atoms with Gasteiger partial charge in [0.2, 0.25) is 16.0 Å². The van der Waals surface area contributed by atoms with Crippen LogP contribution >= 0.6 is 0 Å². The van der Waals surface area contributed by atoms with Crippen molar-refractivity contribution in [3.8, 4) is 5.75 Å².